The fourth-order valence-corrected chi connectivity index (χ4v) is 2.73. The van der Waals surface area contributed by atoms with Gasteiger partial charge < -0.3 is 9.64 Å². The quantitative estimate of drug-likeness (QED) is 0.729. The zero-order chi connectivity index (χ0) is 15.1. The standard InChI is InChI=1S/C15H30N2O2S/c1-12(2)6-5-7-17-8-9-19-14(11-17)10-16(4)15(18)13(3)20/h12-14,20H,5-11H2,1-4H3/t13?,14-/m1/s1. The summed E-state index contributed by atoms with van der Waals surface area (Å²) < 4.78 is 5.78. The van der Waals surface area contributed by atoms with Crippen molar-refractivity contribution in [1.82, 2.24) is 9.80 Å². The van der Waals surface area contributed by atoms with Gasteiger partial charge in [-0.25, -0.2) is 0 Å². The third-order valence-electron chi connectivity index (χ3n) is 3.69. The molecule has 118 valence electrons. The molecule has 5 heteroatoms. The van der Waals surface area contributed by atoms with Crippen molar-refractivity contribution >= 4 is 18.5 Å². The molecule has 1 saturated heterocycles. The van der Waals surface area contributed by atoms with Crippen LogP contribution in [0.5, 0.6) is 0 Å². The molecule has 4 nitrogen and oxygen atoms in total. The van der Waals surface area contributed by atoms with E-state index in [9.17, 15) is 4.79 Å². The van der Waals surface area contributed by atoms with Gasteiger partial charge in [0.15, 0.2) is 0 Å². The Morgan fingerprint density at radius 2 is 2.15 bits per heavy atom. The highest BCUT2D eigenvalue weighted by Gasteiger charge is 2.24. The van der Waals surface area contributed by atoms with E-state index in [0.29, 0.717) is 6.54 Å². The van der Waals surface area contributed by atoms with E-state index < -0.39 is 0 Å². The molecule has 1 rings (SSSR count). The van der Waals surface area contributed by atoms with Gasteiger partial charge in [0, 0.05) is 26.7 Å². The topological polar surface area (TPSA) is 32.8 Å². The molecule has 0 saturated carbocycles. The van der Waals surface area contributed by atoms with E-state index in [2.05, 4.69) is 31.4 Å². The number of carbonyl (C=O) groups excluding carboxylic acids is 1. The van der Waals surface area contributed by atoms with Crippen LogP contribution in [0.1, 0.15) is 33.6 Å². The smallest absolute Gasteiger partial charge is 0.234 e. The predicted molar refractivity (Wildman–Crippen MR) is 86.3 cm³/mol. The second-order valence-corrected chi connectivity index (χ2v) is 7.00. The Morgan fingerprint density at radius 1 is 1.45 bits per heavy atom. The molecule has 1 unspecified atom stereocenters. The molecular weight excluding hydrogens is 272 g/mol. The predicted octanol–water partition coefficient (Wildman–Crippen LogP) is 1.90. The molecule has 0 aromatic heterocycles. The van der Waals surface area contributed by atoms with Crippen molar-refractivity contribution in [3.05, 3.63) is 0 Å². The molecule has 1 amide bonds. The molecule has 0 radical (unpaired) electrons. The molecule has 0 aliphatic carbocycles. The summed E-state index contributed by atoms with van der Waals surface area (Å²) >= 11 is 4.19. The number of thiol groups is 1. The van der Waals surface area contributed by atoms with Gasteiger partial charge in [-0.1, -0.05) is 13.8 Å². The van der Waals surface area contributed by atoms with Crippen molar-refractivity contribution < 1.29 is 9.53 Å². The van der Waals surface area contributed by atoms with E-state index in [1.165, 1.54) is 12.8 Å². The van der Waals surface area contributed by atoms with Gasteiger partial charge in [0.2, 0.25) is 5.91 Å². The van der Waals surface area contributed by atoms with Crippen molar-refractivity contribution in [2.24, 2.45) is 5.92 Å². The molecule has 2 atom stereocenters. The summed E-state index contributed by atoms with van der Waals surface area (Å²) in [5.74, 6) is 0.835. The van der Waals surface area contributed by atoms with Crippen LogP contribution in [0, 0.1) is 5.92 Å². The maximum Gasteiger partial charge on any atom is 0.234 e. The van der Waals surface area contributed by atoms with Gasteiger partial charge in [-0.15, -0.1) is 0 Å². The summed E-state index contributed by atoms with van der Waals surface area (Å²) in [5, 5.41) is -0.245. The minimum atomic E-state index is -0.245. The van der Waals surface area contributed by atoms with Gasteiger partial charge in [-0.3, -0.25) is 9.69 Å². The van der Waals surface area contributed by atoms with Crippen molar-refractivity contribution in [2.75, 3.05) is 39.8 Å². The van der Waals surface area contributed by atoms with Crippen LogP contribution in [0.4, 0.5) is 0 Å². The average molecular weight is 302 g/mol. The zero-order valence-corrected chi connectivity index (χ0v) is 14.2. The Hall–Kier alpha value is -0.260. The first-order valence-electron chi connectivity index (χ1n) is 7.67. The molecule has 20 heavy (non-hydrogen) atoms. The van der Waals surface area contributed by atoms with Gasteiger partial charge in [0.05, 0.1) is 18.0 Å². The van der Waals surface area contributed by atoms with E-state index in [1.807, 2.05) is 14.0 Å². The summed E-state index contributed by atoms with van der Waals surface area (Å²) in [6.45, 7) is 10.8. The number of hydrogen-bond donors (Lipinski definition) is 1. The maximum absolute atomic E-state index is 11.8. The fraction of sp³-hybridized carbons (Fsp3) is 0.933. The SMILES string of the molecule is CC(C)CCCN1CCO[C@H](CN(C)C(=O)C(C)S)C1. The van der Waals surface area contributed by atoms with Gasteiger partial charge in [-0.2, -0.15) is 12.6 Å². The van der Waals surface area contributed by atoms with Crippen molar-refractivity contribution in [1.29, 1.82) is 0 Å². The summed E-state index contributed by atoms with van der Waals surface area (Å²) in [7, 11) is 1.83. The highest BCUT2D eigenvalue weighted by molar-refractivity contribution is 7.81. The van der Waals surface area contributed by atoms with Crippen LogP contribution in [0.15, 0.2) is 0 Å². The van der Waals surface area contributed by atoms with E-state index in [0.717, 1.165) is 32.2 Å². The molecule has 0 spiro atoms. The largest absolute Gasteiger partial charge is 0.374 e. The van der Waals surface area contributed by atoms with Crippen LogP contribution in [-0.2, 0) is 9.53 Å². The first-order valence-corrected chi connectivity index (χ1v) is 8.18. The second-order valence-electron chi connectivity index (χ2n) is 6.22. The third-order valence-corrected chi connectivity index (χ3v) is 3.91. The van der Waals surface area contributed by atoms with Crippen molar-refractivity contribution in [3.8, 4) is 0 Å². The molecule has 1 fully saturated rings. The monoisotopic (exact) mass is 302 g/mol. The van der Waals surface area contributed by atoms with Crippen LogP contribution in [0.3, 0.4) is 0 Å². The molecule has 0 aromatic carbocycles. The third kappa shape index (κ3) is 6.46. The Labute approximate surface area is 129 Å². The van der Waals surface area contributed by atoms with Crippen molar-refractivity contribution in [2.45, 2.75) is 45.0 Å². The lowest BCUT2D eigenvalue weighted by atomic mass is 10.1. The Bertz CT molecular complexity index is 298. The minimum absolute atomic E-state index is 0.0638. The Morgan fingerprint density at radius 3 is 2.75 bits per heavy atom. The van der Waals surface area contributed by atoms with Gasteiger partial charge in [0.25, 0.3) is 0 Å². The fourth-order valence-electron chi connectivity index (χ4n) is 2.53. The summed E-state index contributed by atoms with van der Waals surface area (Å²) in [6.07, 6.45) is 2.65. The van der Waals surface area contributed by atoms with Crippen LogP contribution in [-0.4, -0.2) is 66.9 Å². The lowest BCUT2D eigenvalue weighted by Crippen LogP contribution is -2.48. The van der Waals surface area contributed by atoms with Crippen LogP contribution < -0.4 is 0 Å². The van der Waals surface area contributed by atoms with Gasteiger partial charge in [0.1, 0.15) is 0 Å². The summed E-state index contributed by atoms with van der Waals surface area (Å²) in [5.41, 5.74) is 0. The zero-order valence-electron chi connectivity index (χ0n) is 13.3. The molecule has 0 N–H and O–H groups in total. The number of likely N-dealkylation sites (N-methyl/N-ethyl adjacent to an activating group) is 1. The lowest BCUT2D eigenvalue weighted by Gasteiger charge is -2.35. The van der Waals surface area contributed by atoms with E-state index >= 15 is 0 Å². The van der Waals surface area contributed by atoms with Crippen molar-refractivity contribution in [3.63, 3.8) is 0 Å². The number of carbonyl (C=O) groups is 1. The minimum Gasteiger partial charge on any atom is -0.374 e. The number of rotatable bonds is 7. The Balaban J connectivity index is 2.31. The van der Waals surface area contributed by atoms with Gasteiger partial charge >= 0.3 is 0 Å². The maximum atomic E-state index is 11.8. The van der Waals surface area contributed by atoms with E-state index in [-0.39, 0.29) is 17.3 Å². The lowest BCUT2D eigenvalue weighted by molar-refractivity contribution is -0.132. The first-order chi connectivity index (χ1) is 9.40. The number of ether oxygens (including phenoxy) is 1. The van der Waals surface area contributed by atoms with E-state index in [4.69, 9.17) is 4.74 Å². The number of amides is 1. The van der Waals surface area contributed by atoms with Crippen LogP contribution >= 0.6 is 12.6 Å². The summed E-state index contributed by atoms with van der Waals surface area (Å²) in [6, 6.07) is 0. The van der Waals surface area contributed by atoms with E-state index in [1.54, 1.807) is 4.90 Å². The summed E-state index contributed by atoms with van der Waals surface area (Å²) in [4.78, 5) is 16.0. The normalized spacial score (nSPS) is 22.0. The molecule has 1 aliphatic rings. The molecule has 0 bridgehead atoms. The average Bonchev–Trinajstić information content (AvgIpc) is 2.37. The molecular formula is C15H30N2O2S. The number of morpholine rings is 1. The Kier molecular flexibility index (Phi) is 7.92. The molecule has 0 aromatic rings. The second kappa shape index (κ2) is 8.90. The highest BCUT2D eigenvalue weighted by Crippen LogP contribution is 2.11. The number of hydrogen-bond acceptors (Lipinski definition) is 4. The molecule has 1 heterocycles. The van der Waals surface area contributed by atoms with Crippen LogP contribution in [0.2, 0.25) is 0 Å². The molecule has 1 aliphatic heterocycles. The van der Waals surface area contributed by atoms with Crippen LogP contribution in [0.25, 0.3) is 0 Å². The highest BCUT2D eigenvalue weighted by atomic mass is 32.1. The first kappa shape index (κ1) is 17.8. The number of nitrogens with zero attached hydrogens (tertiary/aromatic N) is 2. The van der Waals surface area contributed by atoms with Gasteiger partial charge in [-0.05, 0) is 32.2 Å².